The molecule has 0 radical (unpaired) electrons. The minimum atomic E-state index is -1.79. The SMILES string of the molecule is CCCCCCCCCCCCC/C=C/[C@@H](O)[C@H](CO[C@@H]1OC(CO)[C@@H](O[C@@H]2OC(CO)[C@H](O)C(O)C2O)C(O)C1NC(C)=O)N=[N+]=[N-]. The van der Waals surface area contributed by atoms with E-state index in [0.29, 0.717) is 0 Å². The molecule has 278 valence electrons. The van der Waals surface area contributed by atoms with E-state index in [1.165, 1.54) is 64.4 Å². The molecule has 8 N–H and O–H groups in total. The zero-order valence-electron chi connectivity index (χ0n) is 28.2. The van der Waals surface area contributed by atoms with Gasteiger partial charge in [0.25, 0.3) is 0 Å². The summed E-state index contributed by atoms with van der Waals surface area (Å²) in [6, 6.07) is -2.39. The van der Waals surface area contributed by atoms with Crippen molar-refractivity contribution in [3.8, 4) is 0 Å². The average molecular weight is 691 g/mol. The van der Waals surface area contributed by atoms with Crippen molar-refractivity contribution in [3.63, 3.8) is 0 Å². The summed E-state index contributed by atoms with van der Waals surface area (Å²) in [5, 5.41) is 78.1. The Hall–Kier alpha value is -1.92. The van der Waals surface area contributed by atoms with Crippen LogP contribution < -0.4 is 5.32 Å². The van der Waals surface area contributed by atoms with Crippen LogP contribution in [0.3, 0.4) is 0 Å². The van der Waals surface area contributed by atoms with Crippen LogP contribution in [0.2, 0.25) is 0 Å². The van der Waals surface area contributed by atoms with Crippen LogP contribution in [-0.4, -0.2) is 135 Å². The number of aliphatic hydroxyl groups is 7. The summed E-state index contributed by atoms with van der Waals surface area (Å²) in [6.07, 6.45) is 2.44. The van der Waals surface area contributed by atoms with Crippen molar-refractivity contribution in [1.82, 2.24) is 5.32 Å². The molecule has 2 rings (SSSR count). The first kappa shape index (κ1) is 42.2. The molecule has 2 saturated heterocycles. The van der Waals surface area contributed by atoms with Crippen LogP contribution in [-0.2, 0) is 23.7 Å². The summed E-state index contributed by atoms with van der Waals surface area (Å²) in [7, 11) is 0. The Morgan fingerprint density at radius 2 is 1.46 bits per heavy atom. The van der Waals surface area contributed by atoms with Gasteiger partial charge in [-0.1, -0.05) is 88.4 Å². The van der Waals surface area contributed by atoms with Gasteiger partial charge in [0, 0.05) is 11.8 Å². The van der Waals surface area contributed by atoms with Crippen LogP contribution in [0.1, 0.15) is 90.9 Å². The van der Waals surface area contributed by atoms with Crippen molar-refractivity contribution in [2.24, 2.45) is 5.11 Å². The molecule has 0 aromatic rings. The second-order valence-corrected chi connectivity index (χ2v) is 12.6. The molecule has 6 unspecified atom stereocenters. The highest BCUT2D eigenvalue weighted by Gasteiger charge is 2.51. The molecule has 2 aliphatic rings. The lowest BCUT2D eigenvalue weighted by atomic mass is 9.95. The second kappa shape index (κ2) is 23.5. The van der Waals surface area contributed by atoms with E-state index in [0.717, 1.165) is 25.7 Å². The summed E-state index contributed by atoms with van der Waals surface area (Å²) in [6.45, 7) is 1.59. The summed E-state index contributed by atoms with van der Waals surface area (Å²) in [4.78, 5) is 14.8. The molecule has 2 aliphatic heterocycles. The normalized spacial score (nSPS) is 32.1. The number of carbonyl (C=O) groups is 1. The maximum Gasteiger partial charge on any atom is 0.217 e. The van der Waals surface area contributed by atoms with Crippen LogP contribution in [0, 0.1) is 0 Å². The largest absolute Gasteiger partial charge is 0.394 e. The topological polar surface area (TPSA) is 256 Å². The number of aliphatic hydroxyl groups excluding tert-OH is 7. The molecule has 0 aromatic carbocycles. The van der Waals surface area contributed by atoms with Crippen molar-refractivity contribution in [2.45, 2.75) is 164 Å². The maximum absolute atomic E-state index is 12.0. The van der Waals surface area contributed by atoms with Gasteiger partial charge in [0.2, 0.25) is 5.91 Å². The van der Waals surface area contributed by atoms with Gasteiger partial charge >= 0.3 is 0 Å². The summed E-state index contributed by atoms with van der Waals surface area (Å²) >= 11 is 0. The number of amides is 1. The molecule has 0 saturated carbocycles. The Labute approximate surface area is 282 Å². The molecular weight excluding hydrogens is 632 g/mol. The summed E-state index contributed by atoms with van der Waals surface area (Å²) in [5.74, 6) is -0.581. The Kier molecular flexibility index (Phi) is 20.7. The van der Waals surface area contributed by atoms with Crippen LogP contribution in [0.15, 0.2) is 17.3 Å². The van der Waals surface area contributed by atoms with E-state index in [4.69, 9.17) is 24.5 Å². The molecule has 0 aromatic heterocycles. The van der Waals surface area contributed by atoms with Crippen molar-refractivity contribution in [3.05, 3.63) is 22.6 Å². The molecule has 2 heterocycles. The van der Waals surface area contributed by atoms with Gasteiger partial charge in [-0.2, -0.15) is 0 Å². The van der Waals surface area contributed by atoms with Gasteiger partial charge in [-0.05, 0) is 18.4 Å². The highest BCUT2D eigenvalue weighted by atomic mass is 16.7. The van der Waals surface area contributed by atoms with Crippen molar-refractivity contribution >= 4 is 5.91 Å². The van der Waals surface area contributed by atoms with Crippen LogP contribution in [0.25, 0.3) is 10.4 Å². The number of nitrogens with one attached hydrogen (secondary N) is 1. The number of nitrogens with zero attached hydrogens (tertiary/aromatic N) is 3. The number of ether oxygens (including phenoxy) is 4. The van der Waals surface area contributed by atoms with Gasteiger partial charge in [-0.15, -0.1) is 0 Å². The molecule has 48 heavy (non-hydrogen) atoms. The zero-order valence-corrected chi connectivity index (χ0v) is 28.2. The van der Waals surface area contributed by atoms with Crippen molar-refractivity contribution in [1.29, 1.82) is 0 Å². The van der Waals surface area contributed by atoms with Gasteiger partial charge in [-0.25, -0.2) is 0 Å². The van der Waals surface area contributed by atoms with E-state index in [1.54, 1.807) is 0 Å². The number of azide groups is 1. The third kappa shape index (κ3) is 13.8. The lowest BCUT2D eigenvalue weighted by Gasteiger charge is -2.47. The first-order valence-corrected chi connectivity index (χ1v) is 17.3. The van der Waals surface area contributed by atoms with Crippen LogP contribution in [0.4, 0.5) is 0 Å². The van der Waals surface area contributed by atoms with E-state index < -0.39 is 92.6 Å². The quantitative estimate of drug-likeness (QED) is 0.0246. The number of carbonyl (C=O) groups excluding carboxylic acids is 1. The van der Waals surface area contributed by atoms with Crippen molar-refractivity contribution < 1.29 is 59.5 Å². The monoisotopic (exact) mass is 690 g/mol. The minimum Gasteiger partial charge on any atom is -0.394 e. The lowest BCUT2D eigenvalue weighted by Crippen LogP contribution is -2.67. The van der Waals surface area contributed by atoms with E-state index >= 15 is 0 Å². The zero-order chi connectivity index (χ0) is 35.5. The van der Waals surface area contributed by atoms with Gasteiger partial charge < -0.3 is 60.0 Å². The Morgan fingerprint density at radius 1 is 0.875 bits per heavy atom. The molecule has 16 heteroatoms. The summed E-state index contributed by atoms with van der Waals surface area (Å²) in [5.41, 5.74) is 9.09. The third-order valence-electron chi connectivity index (χ3n) is 8.70. The fourth-order valence-electron chi connectivity index (χ4n) is 5.85. The predicted octanol–water partition coefficient (Wildman–Crippen LogP) is 1.07. The van der Waals surface area contributed by atoms with Gasteiger partial charge in [0.15, 0.2) is 12.6 Å². The third-order valence-corrected chi connectivity index (χ3v) is 8.70. The first-order chi connectivity index (χ1) is 23.1. The first-order valence-electron chi connectivity index (χ1n) is 17.3. The number of rotatable bonds is 23. The number of unbranched alkanes of at least 4 members (excludes halogenated alkanes) is 11. The lowest BCUT2D eigenvalue weighted by molar-refractivity contribution is -0.348. The average Bonchev–Trinajstić information content (AvgIpc) is 3.07. The van der Waals surface area contributed by atoms with Crippen molar-refractivity contribution in [2.75, 3.05) is 19.8 Å². The van der Waals surface area contributed by atoms with Gasteiger partial charge in [0.05, 0.1) is 32.0 Å². The molecular formula is C32H58N4O12. The van der Waals surface area contributed by atoms with E-state index in [2.05, 4.69) is 22.3 Å². The molecule has 12 atom stereocenters. The molecule has 0 aliphatic carbocycles. The fourth-order valence-corrected chi connectivity index (χ4v) is 5.85. The Morgan fingerprint density at radius 3 is 2.02 bits per heavy atom. The molecule has 2 fully saturated rings. The second-order valence-electron chi connectivity index (χ2n) is 12.6. The number of hydrogen-bond acceptors (Lipinski definition) is 13. The fraction of sp³-hybridized carbons (Fsp3) is 0.906. The number of allylic oxidation sites excluding steroid dienone is 1. The Bertz CT molecular complexity index is 971. The predicted molar refractivity (Wildman–Crippen MR) is 173 cm³/mol. The van der Waals surface area contributed by atoms with E-state index in [9.17, 15) is 40.5 Å². The molecule has 1 amide bonds. The summed E-state index contributed by atoms with van der Waals surface area (Å²) < 4.78 is 22.6. The van der Waals surface area contributed by atoms with E-state index in [1.807, 2.05) is 6.08 Å². The van der Waals surface area contributed by atoms with Gasteiger partial charge in [0.1, 0.15) is 48.8 Å². The number of hydrogen-bond donors (Lipinski definition) is 8. The minimum absolute atomic E-state index is 0.377. The highest BCUT2D eigenvalue weighted by molar-refractivity contribution is 5.73. The molecule has 0 bridgehead atoms. The highest BCUT2D eigenvalue weighted by Crippen LogP contribution is 2.30. The van der Waals surface area contributed by atoms with Gasteiger partial charge in [-0.3, -0.25) is 4.79 Å². The Balaban J connectivity index is 1.92. The van der Waals surface area contributed by atoms with Crippen LogP contribution >= 0.6 is 0 Å². The molecule has 0 spiro atoms. The van der Waals surface area contributed by atoms with E-state index in [-0.39, 0.29) is 6.61 Å². The maximum atomic E-state index is 12.0. The standard InChI is InChI=1S/C32H58N4O12/c1-3-4-5-6-7-8-9-10-11-12-13-14-15-16-22(40)21(35-36-33)19-45-31-25(34-20(2)39)27(42)30(24(18-38)47-31)48-32-29(44)28(43)26(41)23(17-37)46-32/h15-16,21-32,37-38,40-44H,3-14,17-19H2,1-2H3,(H,34,39)/b16-15+/t21-,22+,23?,24?,25?,26-,27?,28?,29?,30+,31+,32-/m0/s1. The van der Waals surface area contributed by atoms with Crippen LogP contribution in [0.5, 0.6) is 0 Å². The molecule has 16 nitrogen and oxygen atoms in total. The smallest absolute Gasteiger partial charge is 0.217 e.